The molecule has 0 aromatic rings. The van der Waals surface area contributed by atoms with Crippen molar-refractivity contribution in [2.24, 2.45) is 5.73 Å². The lowest BCUT2D eigenvalue weighted by atomic mass is 10.2. The zero-order valence-electron chi connectivity index (χ0n) is 4.89. The minimum Gasteiger partial charge on any atom is -0.479 e. The van der Waals surface area contributed by atoms with Gasteiger partial charge in [0.2, 0.25) is 0 Å². The van der Waals surface area contributed by atoms with E-state index in [-0.39, 0.29) is 0 Å². The highest BCUT2D eigenvalue weighted by atomic mass is 32.1. The van der Waals surface area contributed by atoms with E-state index in [0.29, 0.717) is 0 Å². The Balaban J connectivity index is 4.07. The van der Waals surface area contributed by atoms with Crippen LogP contribution >= 0.6 is 12.2 Å². The van der Waals surface area contributed by atoms with Crippen LogP contribution in [0.4, 0.5) is 0 Å². The molecule has 6 heteroatoms. The van der Waals surface area contributed by atoms with Crippen LogP contribution in [0.5, 0.6) is 0 Å². The van der Waals surface area contributed by atoms with Crippen molar-refractivity contribution in [3.8, 4) is 0 Å². The molecule has 0 rings (SSSR count). The quantitative estimate of drug-likeness (QED) is 0.363. The Kier molecular flexibility index (Phi) is 3.20. The molecule has 0 heterocycles. The number of rotatable bonds is 3. The van der Waals surface area contributed by atoms with Gasteiger partial charge in [-0.2, -0.15) is 0 Å². The highest BCUT2D eigenvalue weighted by molar-refractivity contribution is 7.80. The molecule has 0 amide bonds. The van der Waals surface area contributed by atoms with Crippen molar-refractivity contribution < 1.29 is 20.1 Å². The molecule has 2 unspecified atom stereocenters. The van der Waals surface area contributed by atoms with Crippen molar-refractivity contribution in [2.45, 2.75) is 12.2 Å². The molecule has 0 aliphatic rings. The average molecular weight is 165 g/mol. The third kappa shape index (κ3) is 2.26. The second kappa shape index (κ2) is 3.45. The summed E-state index contributed by atoms with van der Waals surface area (Å²) in [6.45, 7) is 0. The predicted octanol–water partition coefficient (Wildman–Crippen LogP) is -1.92. The van der Waals surface area contributed by atoms with Gasteiger partial charge in [-0.15, -0.1) is 0 Å². The predicted molar refractivity (Wildman–Crippen MR) is 36.4 cm³/mol. The van der Waals surface area contributed by atoms with E-state index in [4.69, 9.17) is 21.1 Å². The van der Waals surface area contributed by atoms with Crippen molar-refractivity contribution in [3.63, 3.8) is 0 Å². The summed E-state index contributed by atoms with van der Waals surface area (Å²) in [5.74, 6) is -1.56. The standard InChI is InChI=1S/C4H7NO4S/c5-3(10)1(6)2(7)4(8)9/h1-2,6-7H,(H2,5,10)(H,8,9). The summed E-state index contributed by atoms with van der Waals surface area (Å²) in [6, 6.07) is 0. The summed E-state index contributed by atoms with van der Waals surface area (Å²) < 4.78 is 0. The number of hydrogen-bond acceptors (Lipinski definition) is 4. The topological polar surface area (TPSA) is 104 Å². The Hall–Kier alpha value is -0.720. The zero-order valence-corrected chi connectivity index (χ0v) is 5.71. The molecular weight excluding hydrogens is 158 g/mol. The monoisotopic (exact) mass is 165 g/mol. The van der Waals surface area contributed by atoms with Crippen LogP contribution in [-0.2, 0) is 4.79 Å². The second-order valence-corrected chi connectivity index (χ2v) is 2.10. The Morgan fingerprint density at radius 3 is 1.90 bits per heavy atom. The molecule has 58 valence electrons. The van der Waals surface area contributed by atoms with E-state index < -0.39 is 23.2 Å². The van der Waals surface area contributed by atoms with Crippen LogP contribution < -0.4 is 5.73 Å². The third-order valence-corrected chi connectivity index (χ3v) is 1.09. The van der Waals surface area contributed by atoms with Gasteiger partial charge in [-0.25, -0.2) is 4.79 Å². The summed E-state index contributed by atoms with van der Waals surface area (Å²) in [5.41, 5.74) is 4.83. The number of hydrogen-bond donors (Lipinski definition) is 4. The van der Waals surface area contributed by atoms with E-state index in [1.165, 1.54) is 0 Å². The van der Waals surface area contributed by atoms with E-state index in [1.807, 2.05) is 0 Å². The van der Waals surface area contributed by atoms with Crippen LogP contribution in [0.15, 0.2) is 0 Å². The molecule has 0 aliphatic carbocycles. The molecule has 2 atom stereocenters. The summed E-state index contributed by atoms with van der Waals surface area (Å²) in [6.07, 6.45) is -3.61. The van der Waals surface area contributed by atoms with Gasteiger partial charge in [0.25, 0.3) is 0 Å². The molecule has 0 saturated heterocycles. The second-order valence-electron chi connectivity index (χ2n) is 1.63. The lowest BCUT2D eigenvalue weighted by Gasteiger charge is -2.10. The molecule has 5 nitrogen and oxygen atoms in total. The van der Waals surface area contributed by atoms with Gasteiger partial charge in [0.05, 0.1) is 0 Å². The van der Waals surface area contributed by atoms with Gasteiger partial charge in [-0.05, 0) is 0 Å². The smallest absolute Gasteiger partial charge is 0.335 e. The van der Waals surface area contributed by atoms with Gasteiger partial charge >= 0.3 is 5.97 Å². The molecular formula is C4H7NO4S. The zero-order chi connectivity index (χ0) is 8.31. The number of carboxylic acid groups (broad SMARTS) is 1. The number of aliphatic hydroxyl groups excluding tert-OH is 2. The van der Waals surface area contributed by atoms with Crippen molar-refractivity contribution in [2.75, 3.05) is 0 Å². The molecule has 0 aromatic heterocycles. The highest BCUT2D eigenvalue weighted by Crippen LogP contribution is 1.93. The fourth-order valence-corrected chi connectivity index (χ4v) is 0.420. The minimum absolute atomic E-state index is 0.435. The third-order valence-electron chi connectivity index (χ3n) is 0.844. The first-order valence-corrected chi connectivity index (χ1v) is 2.76. The first-order chi connectivity index (χ1) is 4.46. The summed E-state index contributed by atoms with van der Waals surface area (Å²) >= 11 is 4.22. The maximum absolute atomic E-state index is 9.92. The first kappa shape index (κ1) is 9.28. The molecule has 0 aliphatic heterocycles. The number of carbonyl (C=O) groups is 1. The maximum atomic E-state index is 9.92. The van der Waals surface area contributed by atoms with Gasteiger partial charge in [0, 0.05) is 0 Å². The molecule has 10 heavy (non-hydrogen) atoms. The summed E-state index contributed by atoms with van der Waals surface area (Å²) in [5, 5.41) is 25.3. The molecule has 5 N–H and O–H groups in total. The largest absolute Gasteiger partial charge is 0.479 e. The van der Waals surface area contributed by atoms with E-state index in [0.717, 1.165) is 0 Å². The van der Waals surface area contributed by atoms with Gasteiger partial charge in [0.15, 0.2) is 6.10 Å². The molecule has 0 radical (unpaired) electrons. The van der Waals surface area contributed by atoms with E-state index in [2.05, 4.69) is 12.2 Å². The van der Waals surface area contributed by atoms with Crippen molar-refractivity contribution in [1.29, 1.82) is 0 Å². The minimum atomic E-state index is -1.93. The first-order valence-electron chi connectivity index (χ1n) is 2.35. The molecule has 0 fully saturated rings. The van der Waals surface area contributed by atoms with Gasteiger partial charge in [-0.1, -0.05) is 12.2 Å². The van der Waals surface area contributed by atoms with Gasteiger partial charge in [0.1, 0.15) is 11.1 Å². The highest BCUT2D eigenvalue weighted by Gasteiger charge is 2.25. The van der Waals surface area contributed by atoms with Crippen LogP contribution in [-0.4, -0.2) is 38.5 Å². The number of nitrogens with two attached hydrogens (primary N) is 1. The lowest BCUT2D eigenvalue weighted by molar-refractivity contribution is -0.150. The average Bonchev–Trinajstić information content (AvgIpc) is 1.84. The number of carboxylic acids is 1. The molecule has 0 aromatic carbocycles. The van der Waals surface area contributed by atoms with Crippen LogP contribution in [0.3, 0.4) is 0 Å². The van der Waals surface area contributed by atoms with Crippen LogP contribution in [0, 0.1) is 0 Å². The fourth-order valence-electron chi connectivity index (χ4n) is 0.291. The maximum Gasteiger partial charge on any atom is 0.335 e. The SMILES string of the molecule is NC(=S)C(O)C(O)C(=O)O. The lowest BCUT2D eigenvalue weighted by Crippen LogP contribution is -2.42. The van der Waals surface area contributed by atoms with Crippen LogP contribution in [0.2, 0.25) is 0 Å². The number of aliphatic carboxylic acids is 1. The van der Waals surface area contributed by atoms with E-state index >= 15 is 0 Å². The van der Waals surface area contributed by atoms with Crippen molar-refractivity contribution >= 4 is 23.2 Å². The molecule has 0 spiro atoms. The van der Waals surface area contributed by atoms with Crippen LogP contribution in [0.25, 0.3) is 0 Å². The van der Waals surface area contributed by atoms with Gasteiger partial charge < -0.3 is 21.1 Å². The fraction of sp³-hybridized carbons (Fsp3) is 0.500. The number of aliphatic hydroxyl groups is 2. The van der Waals surface area contributed by atoms with E-state index in [1.54, 1.807) is 0 Å². The Morgan fingerprint density at radius 1 is 1.40 bits per heavy atom. The number of thiocarbonyl (C=S) groups is 1. The normalized spacial score (nSPS) is 15.8. The Morgan fingerprint density at radius 2 is 1.80 bits per heavy atom. The van der Waals surface area contributed by atoms with Crippen molar-refractivity contribution in [3.05, 3.63) is 0 Å². The molecule has 0 bridgehead atoms. The Bertz CT molecular complexity index is 141. The molecule has 0 saturated carbocycles. The van der Waals surface area contributed by atoms with E-state index in [9.17, 15) is 4.79 Å². The Labute approximate surface area is 62.1 Å². The summed E-state index contributed by atoms with van der Waals surface area (Å²) in [7, 11) is 0. The van der Waals surface area contributed by atoms with Crippen LogP contribution in [0.1, 0.15) is 0 Å². The van der Waals surface area contributed by atoms with Gasteiger partial charge in [-0.3, -0.25) is 0 Å². The summed E-state index contributed by atoms with van der Waals surface area (Å²) in [4.78, 5) is 9.48. The van der Waals surface area contributed by atoms with Crippen molar-refractivity contribution in [1.82, 2.24) is 0 Å².